The van der Waals surface area contributed by atoms with Gasteiger partial charge < -0.3 is 19.4 Å². The van der Waals surface area contributed by atoms with Crippen LogP contribution >= 0.6 is 0 Å². The maximum absolute atomic E-state index is 13.0. The number of ether oxygens (including phenoxy) is 1. The number of furan rings is 1. The van der Waals surface area contributed by atoms with E-state index in [1.807, 2.05) is 6.07 Å². The van der Waals surface area contributed by atoms with Crippen LogP contribution in [0.25, 0.3) is 11.3 Å². The molecule has 1 N–H and O–H groups in total. The first-order valence-corrected chi connectivity index (χ1v) is 8.65. The second kappa shape index (κ2) is 7.59. The quantitative estimate of drug-likeness (QED) is 0.764. The first-order valence-electron chi connectivity index (χ1n) is 8.65. The van der Waals surface area contributed by atoms with Gasteiger partial charge in [0.2, 0.25) is 0 Å². The van der Waals surface area contributed by atoms with Gasteiger partial charge in [0.05, 0.1) is 25.1 Å². The van der Waals surface area contributed by atoms with Gasteiger partial charge in [-0.2, -0.15) is 0 Å². The lowest BCUT2D eigenvalue weighted by molar-refractivity contribution is 0.0997. The van der Waals surface area contributed by atoms with E-state index in [9.17, 15) is 9.18 Å². The summed E-state index contributed by atoms with van der Waals surface area (Å²) in [4.78, 5) is 18.8. The highest BCUT2D eigenvalue weighted by atomic mass is 19.1. The molecule has 1 aliphatic rings. The standard InChI is InChI=1S/C20H18FN3O3/c21-15-3-1-14(2-4-15)17-6-7-18(27-17)20(25)23-19-8-5-16(13-22-19)24-9-11-26-12-10-24/h1-8,13H,9-12H2,(H,22,23,25). The summed E-state index contributed by atoms with van der Waals surface area (Å²) in [6.45, 7) is 3.05. The molecule has 3 aromatic rings. The molecule has 7 heteroatoms. The third kappa shape index (κ3) is 3.98. The van der Waals surface area contributed by atoms with Crippen molar-refractivity contribution in [2.24, 2.45) is 0 Å². The SMILES string of the molecule is O=C(Nc1ccc(N2CCOCC2)cn1)c1ccc(-c2ccc(F)cc2)o1. The highest BCUT2D eigenvalue weighted by molar-refractivity contribution is 6.02. The van der Waals surface area contributed by atoms with Gasteiger partial charge in [-0.05, 0) is 48.5 Å². The lowest BCUT2D eigenvalue weighted by atomic mass is 10.2. The van der Waals surface area contributed by atoms with Crippen LogP contribution in [0, 0.1) is 5.82 Å². The van der Waals surface area contributed by atoms with E-state index in [2.05, 4.69) is 15.2 Å². The molecule has 0 saturated carbocycles. The van der Waals surface area contributed by atoms with Gasteiger partial charge in [-0.1, -0.05) is 0 Å². The predicted octanol–water partition coefficient (Wildman–Crippen LogP) is 3.57. The van der Waals surface area contributed by atoms with Gasteiger partial charge in [-0.15, -0.1) is 0 Å². The van der Waals surface area contributed by atoms with Gasteiger partial charge in [-0.3, -0.25) is 4.79 Å². The third-order valence-electron chi connectivity index (χ3n) is 4.32. The molecule has 4 rings (SSSR count). The molecule has 2 aromatic heterocycles. The largest absolute Gasteiger partial charge is 0.451 e. The van der Waals surface area contributed by atoms with E-state index in [0.29, 0.717) is 30.4 Å². The minimum absolute atomic E-state index is 0.161. The smallest absolute Gasteiger partial charge is 0.292 e. The topological polar surface area (TPSA) is 67.6 Å². The van der Waals surface area contributed by atoms with Crippen molar-refractivity contribution in [2.75, 3.05) is 36.5 Å². The average molecular weight is 367 g/mol. The van der Waals surface area contributed by atoms with Gasteiger partial charge in [0.25, 0.3) is 5.91 Å². The van der Waals surface area contributed by atoms with E-state index in [1.165, 1.54) is 12.1 Å². The Balaban J connectivity index is 1.42. The minimum Gasteiger partial charge on any atom is -0.451 e. The van der Waals surface area contributed by atoms with Gasteiger partial charge in [-0.25, -0.2) is 9.37 Å². The Morgan fingerprint density at radius 1 is 1.04 bits per heavy atom. The molecule has 1 saturated heterocycles. The number of benzene rings is 1. The number of carbonyl (C=O) groups is 1. The van der Waals surface area contributed by atoms with Gasteiger partial charge in [0, 0.05) is 18.7 Å². The summed E-state index contributed by atoms with van der Waals surface area (Å²) in [6.07, 6.45) is 1.73. The molecule has 1 fully saturated rings. The molecule has 3 heterocycles. The Bertz CT molecular complexity index is 916. The Morgan fingerprint density at radius 2 is 1.81 bits per heavy atom. The Hall–Kier alpha value is -3.19. The molecule has 0 aliphatic carbocycles. The fourth-order valence-corrected chi connectivity index (χ4v) is 2.88. The summed E-state index contributed by atoms with van der Waals surface area (Å²) in [7, 11) is 0. The van der Waals surface area contributed by atoms with Crippen molar-refractivity contribution in [2.45, 2.75) is 0 Å². The molecule has 0 radical (unpaired) electrons. The van der Waals surface area contributed by atoms with Crippen LogP contribution in [0.15, 0.2) is 59.1 Å². The molecule has 6 nitrogen and oxygen atoms in total. The van der Waals surface area contributed by atoms with Crippen LogP contribution in [0.4, 0.5) is 15.9 Å². The van der Waals surface area contributed by atoms with E-state index in [0.717, 1.165) is 18.8 Å². The predicted molar refractivity (Wildman–Crippen MR) is 99.3 cm³/mol. The fourth-order valence-electron chi connectivity index (χ4n) is 2.88. The zero-order valence-electron chi connectivity index (χ0n) is 14.5. The van der Waals surface area contributed by atoms with Crippen molar-refractivity contribution < 1.29 is 18.3 Å². The number of halogens is 1. The van der Waals surface area contributed by atoms with E-state index in [-0.39, 0.29) is 11.6 Å². The lowest BCUT2D eigenvalue weighted by Crippen LogP contribution is -2.36. The second-order valence-electron chi connectivity index (χ2n) is 6.13. The molecule has 0 spiro atoms. The zero-order valence-corrected chi connectivity index (χ0v) is 14.5. The zero-order chi connectivity index (χ0) is 18.6. The van der Waals surface area contributed by atoms with Crippen molar-refractivity contribution >= 4 is 17.4 Å². The number of amides is 1. The Morgan fingerprint density at radius 3 is 2.52 bits per heavy atom. The lowest BCUT2D eigenvalue weighted by Gasteiger charge is -2.28. The second-order valence-corrected chi connectivity index (χ2v) is 6.13. The maximum atomic E-state index is 13.0. The first kappa shape index (κ1) is 17.2. The van der Waals surface area contributed by atoms with Crippen LogP contribution in [0.2, 0.25) is 0 Å². The van der Waals surface area contributed by atoms with Crippen LogP contribution < -0.4 is 10.2 Å². The molecule has 1 aliphatic heterocycles. The van der Waals surface area contributed by atoms with E-state index in [1.54, 1.807) is 36.5 Å². The minimum atomic E-state index is -0.394. The van der Waals surface area contributed by atoms with Gasteiger partial charge in [0.15, 0.2) is 5.76 Å². The van der Waals surface area contributed by atoms with Crippen molar-refractivity contribution in [1.82, 2.24) is 4.98 Å². The molecule has 1 aromatic carbocycles. The number of nitrogens with zero attached hydrogens (tertiary/aromatic N) is 2. The number of nitrogens with one attached hydrogen (secondary N) is 1. The van der Waals surface area contributed by atoms with Crippen LogP contribution in [-0.2, 0) is 4.74 Å². The van der Waals surface area contributed by atoms with Crippen molar-refractivity contribution in [3.8, 4) is 11.3 Å². The molecule has 1 amide bonds. The highest BCUT2D eigenvalue weighted by Gasteiger charge is 2.15. The molecule has 0 atom stereocenters. The average Bonchev–Trinajstić information content (AvgIpc) is 3.20. The molecule has 138 valence electrons. The Labute approximate surface area is 155 Å². The van der Waals surface area contributed by atoms with Crippen molar-refractivity contribution in [3.63, 3.8) is 0 Å². The van der Waals surface area contributed by atoms with Crippen molar-refractivity contribution in [3.05, 3.63) is 66.3 Å². The highest BCUT2D eigenvalue weighted by Crippen LogP contribution is 2.23. The summed E-state index contributed by atoms with van der Waals surface area (Å²) in [5.74, 6) is 0.380. The molecule has 0 bridgehead atoms. The normalized spacial score (nSPS) is 14.2. The number of aromatic nitrogens is 1. The van der Waals surface area contributed by atoms with Crippen LogP contribution in [-0.4, -0.2) is 37.2 Å². The molecular formula is C20H18FN3O3. The number of carbonyl (C=O) groups excluding carboxylic acids is 1. The molecule has 0 unspecified atom stereocenters. The van der Waals surface area contributed by atoms with Crippen LogP contribution in [0.5, 0.6) is 0 Å². The molecule has 27 heavy (non-hydrogen) atoms. The van der Waals surface area contributed by atoms with E-state index in [4.69, 9.17) is 9.15 Å². The summed E-state index contributed by atoms with van der Waals surface area (Å²) < 4.78 is 23.9. The molecular weight excluding hydrogens is 349 g/mol. The summed E-state index contributed by atoms with van der Waals surface area (Å²) in [5.41, 5.74) is 1.69. The van der Waals surface area contributed by atoms with E-state index >= 15 is 0 Å². The third-order valence-corrected chi connectivity index (χ3v) is 4.32. The Kier molecular flexibility index (Phi) is 4.84. The number of pyridine rings is 1. The summed E-state index contributed by atoms with van der Waals surface area (Å²) in [5, 5.41) is 2.72. The summed E-state index contributed by atoms with van der Waals surface area (Å²) >= 11 is 0. The summed E-state index contributed by atoms with van der Waals surface area (Å²) in [6, 6.07) is 12.8. The van der Waals surface area contributed by atoms with Crippen molar-refractivity contribution in [1.29, 1.82) is 0 Å². The number of hydrogen-bond donors (Lipinski definition) is 1. The number of hydrogen-bond acceptors (Lipinski definition) is 5. The number of anilines is 2. The van der Waals surface area contributed by atoms with Crippen LogP contribution in [0.3, 0.4) is 0 Å². The van der Waals surface area contributed by atoms with Crippen LogP contribution in [0.1, 0.15) is 10.6 Å². The number of rotatable bonds is 4. The van der Waals surface area contributed by atoms with Gasteiger partial charge in [0.1, 0.15) is 17.4 Å². The van der Waals surface area contributed by atoms with Gasteiger partial charge >= 0.3 is 0 Å². The fraction of sp³-hybridized carbons (Fsp3) is 0.200. The number of morpholine rings is 1. The monoisotopic (exact) mass is 367 g/mol. The maximum Gasteiger partial charge on any atom is 0.292 e. The first-order chi connectivity index (χ1) is 13.2. The van der Waals surface area contributed by atoms with E-state index < -0.39 is 5.91 Å².